The van der Waals surface area contributed by atoms with Crippen molar-refractivity contribution in [2.24, 2.45) is 5.92 Å². The van der Waals surface area contributed by atoms with Crippen molar-refractivity contribution < 1.29 is 13.6 Å². The highest BCUT2D eigenvalue weighted by Gasteiger charge is 2.23. The number of amides is 1. The molecule has 1 aliphatic heterocycles. The Bertz CT molecular complexity index is 672. The monoisotopic (exact) mass is 335 g/mol. The van der Waals surface area contributed by atoms with Gasteiger partial charge in [-0.05, 0) is 36.6 Å². The maximum Gasteiger partial charge on any atom is 0.241 e. The van der Waals surface area contributed by atoms with Gasteiger partial charge in [0.2, 0.25) is 5.91 Å². The molecule has 1 amide bonds. The number of likely N-dealkylation sites (tertiary alicyclic amines) is 1. The molecule has 0 saturated carbocycles. The Kier molecular flexibility index (Phi) is 5.14. The number of aromatic nitrogens is 3. The van der Waals surface area contributed by atoms with Crippen LogP contribution in [-0.2, 0) is 17.9 Å². The molecule has 128 valence electrons. The van der Waals surface area contributed by atoms with Gasteiger partial charge in [-0.25, -0.2) is 18.4 Å². The van der Waals surface area contributed by atoms with E-state index in [1.807, 2.05) is 0 Å². The molecule has 0 aliphatic carbocycles. The summed E-state index contributed by atoms with van der Waals surface area (Å²) in [5.41, 5.74) is 0.628. The molecule has 6 nitrogen and oxygen atoms in total. The summed E-state index contributed by atoms with van der Waals surface area (Å²) in [4.78, 5) is 17.7. The third kappa shape index (κ3) is 4.58. The van der Waals surface area contributed by atoms with Crippen LogP contribution in [-0.4, -0.2) is 45.2 Å². The highest BCUT2D eigenvalue weighted by Crippen LogP contribution is 2.19. The first-order valence-corrected chi connectivity index (χ1v) is 7.85. The van der Waals surface area contributed by atoms with E-state index in [2.05, 4.69) is 20.3 Å². The second-order valence-electron chi connectivity index (χ2n) is 6.06. The number of hydrogen-bond acceptors (Lipinski definition) is 4. The van der Waals surface area contributed by atoms with Gasteiger partial charge >= 0.3 is 0 Å². The summed E-state index contributed by atoms with van der Waals surface area (Å²) in [6.07, 6.45) is 3.83. The van der Waals surface area contributed by atoms with Crippen LogP contribution in [0.2, 0.25) is 0 Å². The average molecular weight is 335 g/mol. The molecule has 1 aliphatic rings. The maximum atomic E-state index is 13.2. The first-order valence-electron chi connectivity index (χ1n) is 7.85. The quantitative estimate of drug-likeness (QED) is 0.861. The van der Waals surface area contributed by atoms with Crippen LogP contribution < -0.4 is 5.32 Å². The average Bonchev–Trinajstić information content (AvgIpc) is 3.16. The molecule has 2 aromatic rings. The van der Waals surface area contributed by atoms with E-state index in [0.717, 1.165) is 25.6 Å². The number of hydrogen-bond donors (Lipinski definition) is 1. The van der Waals surface area contributed by atoms with Gasteiger partial charge < -0.3 is 5.32 Å². The van der Waals surface area contributed by atoms with E-state index in [4.69, 9.17) is 0 Å². The lowest BCUT2D eigenvalue weighted by Crippen LogP contribution is -2.33. The van der Waals surface area contributed by atoms with Crippen LogP contribution in [0, 0.1) is 17.6 Å². The Morgan fingerprint density at radius 1 is 1.29 bits per heavy atom. The molecule has 0 radical (unpaired) electrons. The number of carbonyl (C=O) groups excluding carboxylic acids is 1. The predicted molar refractivity (Wildman–Crippen MR) is 82.8 cm³/mol. The van der Waals surface area contributed by atoms with Gasteiger partial charge in [-0.1, -0.05) is 0 Å². The fraction of sp³-hybridized carbons (Fsp3) is 0.438. The summed E-state index contributed by atoms with van der Waals surface area (Å²) in [6, 6.07) is 3.59. The molecule has 0 spiro atoms. The van der Waals surface area contributed by atoms with Gasteiger partial charge in [-0.3, -0.25) is 9.69 Å². The van der Waals surface area contributed by atoms with Crippen molar-refractivity contribution in [1.82, 2.24) is 25.0 Å². The summed E-state index contributed by atoms with van der Waals surface area (Å²) < 4.78 is 27.9. The largest absolute Gasteiger partial charge is 0.354 e. The standard InChI is InChI=1S/C16H19F2N5O/c17-14-3-13(4-15(18)5-14)8-22-2-1-12(7-22)6-20-16(24)9-23-11-19-10-21-23/h3-5,10-12H,1-2,6-9H2,(H,20,24). The van der Waals surface area contributed by atoms with Crippen molar-refractivity contribution in [3.63, 3.8) is 0 Å². The highest BCUT2D eigenvalue weighted by molar-refractivity contribution is 5.75. The summed E-state index contributed by atoms with van der Waals surface area (Å²) in [5.74, 6) is -0.878. The summed E-state index contributed by atoms with van der Waals surface area (Å²) in [5, 5.41) is 6.78. The lowest BCUT2D eigenvalue weighted by atomic mass is 10.1. The fourth-order valence-corrected chi connectivity index (χ4v) is 2.96. The van der Waals surface area contributed by atoms with E-state index in [-0.39, 0.29) is 12.5 Å². The molecule has 1 aromatic heterocycles. The van der Waals surface area contributed by atoms with Gasteiger partial charge in [0.05, 0.1) is 0 Å². The van der Waals surface area contributed by atoms with Crippen LogP contribution in [0.3, 0.4) is 0 Å². The minimum Gasteiger partial charge on any atom is -0.354 e. The predicted octanol–water partition coefficient (Wildman–Crippen LogP) is 1.19. The summed E-state index contributed by atoms with van der Waals surface area (Å²) in [7, 11) is 0. The Hall–Kier alpha value is -2.35. The minimum atomic E-state index is -0.555. The van der Waals surface area contributed by atoms with Crippen molar-refractivity contribution in [3.8, 4) is 0 Å². The molecule has 1 saturated heterocycles. The van der Waals surface area contributed by atoms with Crippen molar-refractivity contribution in [1.29, 1.82) is 0 Å². The van der Waals surface area contributed by atoms with Crippen molar-refractivity contribution >= 4 is 5.91 Å². The number of nitrogens with zero attached hydrogens (tertiary/aromatic N) is 4. The maximum absolute atomic E-state index is 13.2. The van der Waals surface area contributed by atoms with Gasteiger partial charge in [0.25, 0.3) is 0 Å². The molecule has 8 heteroatoms. The van der Waals surface area contributed by atoms with E-state index in [1.165, 1.54) is 29.5 Å². The van der Waals surface area contributed by atoms with E-state index in [1.54, 1.807) is 0 Å². The molecule has 2 heterocycles. The van der Waals surface area contributed by atoms with E-state index in [9.17, 15) is 13.6 Å². The molecular formula is C16H19F2N5O. The summed E-state index contributed by atoms with van der Waals surface area (Å²) >= 11 is 0. The molecule has 1 aromatic carbocycles. The number of carbonyl (C=O) groups is 1. The third-order valence-corrected chi connectivity index (χ3v) is 4.06. The lowest BCUT2D eigenvalue weighted by Gasteiger charge is -2.16. The second-order valence-corrected chi connectivity index (χ2v) is 6.06. The van der Waals surface area contributed by atoms with Crippen LogP contribution in [0.5, 0.6) is 0 Å². The van der Waals surface area contributed by atoms with Crippen LogP contribution in [0.15, 0.2) is 30.9 Å². The number of halogens is 2. The number of nitrogens with one attached hydrogen (secondary N) is 1. The Balaban J connectivity index is 1.43. The van der Waals surface area contributed by atoms with Gasteiger partial charge in [0.15, 0.2) is 0 Å². The Labute approximate surface area is 138 Å². The SMILES string of the molecule is O=C(Cn1cncn1)NCC1CCN(Cc2cc(F)cc(F)c2)C1. The van der Waals surface area contributed by atoms with Crippen molar-refractivity contribution in [2.45, 2.75) is 19.5 Å². The summed E-state index contributed by atoms with van der Waals surface area (Å²) in [6.45, 7) is 2.89. The van der Waals surface area contributed by atoms with Gasteiger partial charge in [0, 0.05) is 25.7 Å². The third-order valence-electron chi connectivity index (χ3n) is 4.06. The van der Waals surface area contributed by atoms with Crippen LogP contribution in [0.1, 0.15) is 12.0 Å². The molecular weight excluding hydrogens is 316 g/mol. The fourth-order valence-electron chi connectivity index (χ4n) is 2.96. The van der Waals surface area contributed by atoms with Crippen LogP contribution >= 0.6 is 0 Å². The van der Waals surface area contributed by atoms with Gasteiger partial charge in [0.1, 0.15) is 30.8 Å². The topological polar surface area (TPSA) is 63.1 Å². The normalized spacial score (nSPS) is 18.0. The van der Waals surface area contributed by atoms with E-state index in [0.29, 0.717) is 24.6 Å². The Morgan fingerprint density at radius 3 is 2.79 bits per heavy atom. The molecule has 24 heavy (non-hydrogen) atoms. The van der Waals surface area contributed by atoms with Gasteiger partial charge in [-0.15, -0.1) is 0 Å². The van der Waals surface area contributed by atoms with Crippen LogP contribution in [0.25, 0.3) is 0 Å². The van der Waals surface area contributed by atoms with Crippen molar-refractivity contribution in [2.75, 3.05) is 19.6 Å². The highest BCUT2D eigenvalue weighted by atomic mass is 19.1. The molecule has 0 bridgehead atoms. The zero-order valence-corrected chi connectivity index (χ0v) is 13.2. The van der Waals surface area contributed by atoms with Crippen LogP contribution in [0.4, 0.5) is 8.78 Å². The number of benzene rings is 1. The molecule has 1 N–H and O–H groups in total. The van der Waals surface area contributed by atoms with E-state index >= 15 is 0 Å². The molecule has 3 rings (SSSR count). The molecule has 1 unspecified atom stereocenters. The zero-order valence-electron chi connectivity index (χ0n) is 13.2. The Morgan fingerprint density at radius 2 is 2.08 bits per heavy atom. The first kappa shape index (κ1) is 16.5. The molecule has 1 atom stereocenters. The first-order chi connectivity index (χ1) is 11.6. The lowest BCUT2D eigenvalue weighted by molar-refractivity contribution is -0.122. The minimum absolute atomic E-state index is 0.105. The smallest absolute Gasteiger partial charge is 0.241 e. The van der Waals surface area contributed by atoms with Gasteiger partial charge in [-0.2, -0.15) is 5.10 Å². The van der Waals surface area contributed by atoms with Crippen molar-refractivity contribution in [3.05, 3.63) is 48.1 Å². The van der Waals surface area contributed by atoms with E-state index < -0.39 is 11.6 Å². The molecule has 1 fully saturated rings. The second kappa shape index (κ2) is 7.48. The zero-order chi connectivity index (χ0) is 16.9. The number of rotatable bonds is 6.